The normalized spacial score (nSPS) is 11.3. The number of amides is 1. The van der Waals surface area contributed by atoms with Gasteiger partial charge in [-0.15, -0.1) is 0 Å². The molecule has 0 aromatic heterocycles. The van der Waals surface area contributed by atoms with Crippen LogP contribution in [0.3, 0.4) is 0 Å². The second-order valence-electron chi connectivity index (χ2n) is 6.33. The molecule has 0 aliphatic heterocycles. The fourth-order valence-electron chi connectivity index (χ4n) is 2.52. The number of carbonyl (C=O) groups excluding carboxylic acids is 1. The summed E-state index contributed by atoms with van der Waals surface area (Å²) in [5, 5.41) is 3.91. The van der Waals surface area contributed by atoms with Crippen LogP contribution in [0.1, 0.15) is 21.5 Å². The number of hydrogen-bond acceptors (Lipinski definition) is 6. The highest BCUT2D eigenvalue weighted by Gasteiger charge is 2.19. The van der Waals surface area contributed by atoms with Crippen molar-refractivity contribution < 1.29 is 22.1 Å². The first-order valence-corrected chi connectivity index (χ1v) is 10.4. The van der Waals surface area contributed by atoms with E-state index in [2.05, 4.69) is 10.5 Å². The standard InChI is InChI=1S/C22H20N2O5S/c1-16-8-11-19(12-9-16)30(26,27)29-20-13-10-17(14-21(20)28-2)15-23-24-22(25)18-6-4-3-5-7-18/h3-15H,1-2H3,(H,24,25)/b23-15-. The molecule has 8 heteroatoms. The third-order valence-electron chi connectivity index (χ3n) is 4.11. The smallest absolute Gasteiger partial charge is 0.339 e. The number of aryl methyl sites for hydroxylation is 1. The van der Waals surface area contributed by atoms with Gasteiger partial charge in [-0.1, -0.05) is 35.9 Å². The summed E-state index contributed by atoms with van der Waals surface area (Å²) in [4.78, 5) is 12.0. The Morgan fingerprint density at radius 2 is 1.67 bits per heavy atom. The molecule has 0 fully saturated rings. The van der Waals surface area contributed by atoms with E-state index in [4.69, 9.17) is 8.92 Å². The van der Waals surface area contributed by atoms with E-state index >= 15 is 0 Å². The minimum Gasteiger partial charge on any atom is -0.493 e. The molecule has 0 atom stereocenters. The zero-order valence-electron chi connectivity index (χ0n) is 16.4. The maximum absolute atomic E-state index is 12.5. The van der Waals surface area contributed by atoms with Gasteiger partial charge in [0.15, 0.2) is 11.5 Å². The van der Waals surface area contributed by atoms with Crippen molar-refractivity contribution in [2.24, 2.45) is 5.10 Å². The minimum absolute atomic E-state index is 0.0450. The van der Waals surface area contributed by atoms with Crippen molar-refractivity contribution in [3.8, 4) is 11.5 Å². The fourth-order valence-corrected chi connectivity index (χ4v) is 3.46. The van der Waals surface area contributed by atoms with Gasteiger partial charge in [-0.05, 0) is 55.0 Å². The van der Waals surface area contributed by atoms with Crippen LogP contribution < -0.4 is 14.3 Å². The molecular formula is C22H20N2O5S. The lowest BCUT2D eigenvalue weighted by atomic mass is 10.2. The molecule has 0 bridgehead atoms. The number of rotatable bonds is 7. The van der Waals surface area contributed by atoms with Gasteiger partial charge in [-0.25, -0.2) is 5.43 Å². The van der Waals surface area contributed by atoms with E-state index in [1.807, 2.05) is 13.0 Å². The second kappa shape index (κ2) is 9.23. The number of methoxy groups -OCH3 is 1. The molecule has 0 aliphatic rings. The van der Waals surface area contributed by atoms with Crippen molar-refractivity contribution in [2.75, 3.05) is 7.11 Å². The van der Waals surface area contributed by atoms with Crippen LogP contribution in [0.25, 0.3) is 0 Å². The molecule has 3 aromatic rings. The first kappa shape index (κ1) is 21.1. The predicted molar refractivity (Wildman–Crippen MR) is 113 cm³/mol. The topological polar surface area (TPSA) is 94.1 Å². The SMILES string of the molecule is COc1cc(/C=N\NC(=O)c2ccccc2)ccc1OS(=O)(=O)c1ccc(C)cc1. The molecule has 0 radical (unpaired) electrons. The number of hydrogen-bond donors (Lipinski definition) is 1. The Morgan fingerprint density at radius 1 is 0.967 bits per heavy atom. The van der Waals surface area contributed by atoms with E-state index in [0.29, 0.717) is 11.1 Å². The molecule has 0 spiro atoms. The Morgan fingerprint density at radius 3 is 2.33 bits per heavy atom. The summed E-state index contributed by atoms with van der Waals surface area (Å²) < 4.78 is 35.5. The lowest BCUT2D eigenvalue weighted by molar-refractivity contribution is 0.0955. The molecule has 0 saturated carbocycles. The fraction of sp³-hybridized carbons (Fsp3) is 0.0909. The molecule has 0 heterocycles. The Kier molecular flexibility index (Phi) is 6.48. The molecule has 0 unspecified atom stereocenters. The zero-order chi connectivity index (χ0) is 21.6. The Balaban J connectivity index is 1.73. The number of nitrogens with one attached hydrogen (secondary N) is 1. The van der Waals surface area contributed by atoms with Gasteiger partial charge in [0, 0.05) is 5.56 Å². The van der Waals surface area contributed by atoms with Gasteiger partial charge in [0.2, 0.25) is 0 Å². The Labute approximate surface area is 175 Å². The summed E-state index contributed by atoms with van der Waals surface area (Å²) in [6.07, 6.45) is 1.42. The third kappa shape index (κ3) is 5.24. The van der Waals surface area contributed by atoms with Crippen LogP contribution in [0.4, 0.5) is 0 Å². The van der Waals surface area contributed by atoms with Gasteiger partial charge in [0.1, 0.15) is 4.90 Å². The van der Waals surface area contributed by atoms with E-state index in [9.17, 15) is 13.2 Å². The maximum atomic E-state index is 12.5. The van der Waals surface area contributed by atoms with E-state index in [-0.39, 0.29) is 22.3 Å². The molecule has 0 aliphatic carbocycles. The highest BCUT2D eigenvalue weighted by Crippen LogP contribution is 2.30. The first-order chi connectivity index (χ1) is 14.4. The van der Waals surface area contributed by atoms with Crippen LogP contribution in [0.5, 0.6) is 11.5 Å². The molecule has 7 nitrogen and oxygen atoms in total. The number of hydrazone groups is 1. The van der Waals surface area contributed by atoms with E-state index < -0.39 is 10.1 Å². The van der Waals surface area contributed by atoms with Crippen molar-refractivity contribution in [1.29, 1.82) is 0 Å². The van der Waals surface area contributed by atoms with Gasteiger partial charge in [0.05, 0.1) is 13.3 Å². The molecule has 30 heavy (non-hydrogen) atoms. The van der Waals surface area contributed by atoms with Crippen molar-refractivity contribution in [2.45, 2.75) is 11.8 Å². The van der Waals surface area contributed by atoms with Crippen molar-refractivity contribution in [3.63, 3.8) is 0 Å². The third-order valence-corrected chi connectivity index (χ3v) is 5.36. The minimum atomic E-state index is -4.01. The van der Waals surface area contributed by atoms with Crippen LogP contribution in [0.2, 0.25) is 0 Å². The summed E-state index contributed by atoms with van der Waals surface area (Å²) in [6, 6.07) is 19.6. The number of benzene rings is 3. The van der Waals surface area contributed by atoms with Crippen LogP contribution in [0.15, 0.2) is 82.8 Å². The first-order valence-electron chi connectivity index (χ1n) is 8.97. The summed E-state index contributed by atoms with van der Waals surface area (Å²) in [5.41, 5.74) is 4.43. The molecule has 0 saturated heterocycles. The molecule has 1 N–H and O–H groups in total. The van der Waals surface area contributed by atoms with Crippen LogP contribution in [0, 0.1) is 6.92 Å². The van der Waals surface area contributed by atoms with Crippen molar-refractivity contribution >= 4 is 22.2 Å². The average Bonchev–Trinajstić information content (AvgIpc) is 2.75. The van der Waals surface area contributed by atoms with Crippen LogP contribution in [-0.2, 0) is 10.1 Å². The average molecular weight is 424 g/mol. The molecular weight excluding hydrogens is 404 g/mol. The monoisotopic (exact) mass is 424 g/mol. The number of nitrogens with zero attached hydrogens (tertiary/aromatic N) is 1. The van der Waals surface area contributed by atoms with Crippen LogP contribution >= 0.6 is 0 Å². The van der Waals surface area contributed by atoms with E-state index in [0.717, 1.165) is 5.56 Å². The van der Waals surface area contributed by atoms with Gasteiger partial charge < -0.3 is 8.92 Å². The summed E-state index contributed by atoms with van der Waals surface area (Å²) >= 11 is 0. The largest absolute Gasteiger partial charge is 0.493 e. The second-order valence-corrected chi connectivity index (χ2v) is 7.87. The van der Waals surface area contributed by atoms with Crippen LogP contribution in [-0.4, -0.2) is 27.6 Å². The molecule has 3 aromatic carbocycles. The highest BCUT2D eigenvalue weighted by atomic mass is 32.2. The number of ether oxygens (including phenoxy) is 1. The summed E-state index contributed by atoms with van der Waals surface area (Å²) in [7, 11) is -2.60. The van der Waals surface area contributed by atoms with Gasteiger partial charge >= 0.3 is 10.1 Å². The molecule has 3 rings (SSSR count). The van der Waals surface area contributed by atoms with E-state index in [1.54, 1.807) is 48.5 Å². The lowest BCUT2D eigenvalue weighted by Crippen LogP contribution is -2.17. The van der Waals surface area contributed by atoms with Gasteiger partial charge in [-0.2, -0.15) is 13.5 Å². The molecule has 1 amide bonds. The Bertz CT molecular complexity index is 1160. The van der Waals surface area contributed by atoms with Crippen molar-refractivity contribution in [3.05, 3.63) is 89.5 Å². The predicted octanol–water partition coefficient (Wildman–Crippen LogP) is 3.54. The van der Waals surface area contributed by atoms with Gasteiger partial charge in [-0.3, -0.25) is 4.79 Å². The Hall–Kier alpha value is -3.65. The highest BCUT2D eigenvalue weighted by molar-refractivity contribution is 7.87. The summed E-state index contributed by atoms with van der Waals surface area (Å²) in [5.74, 6) is -0.0875. The van der Waals surface area contributed by atoms with Gasteiger partial charge in [0.25, 0.3) is 5.91 Å². The van der Waals surface area contributed by atoms with E-state index in [1.165, 1.54) is 31.5 Å². The van der Waals surface area contributed by atoms with Crippen molar-refractivity contribution in [1.82, 2.24) is 5.43 Å². The molecule has 154 valence electrons. The quantitative estimate of drug-likeness (QED) is 0.356. The maximum Gasteiger partial charge on any atom is 0.339 e. The summed E-state index contributed by atoms with van der Waals surface area (Å²) in [6.45, 7) is 1.86. The lowest BCUT2D eigenvalue weighted by Gasteiger charge is -2.11. The zero-order valence-corrected chi connectivity index (χ0v) is 17.2. The number of carbonyl (C=O) groups is 1.